The Morgan fingerprint density at radius 1 is 1.39 bits per heavy atom. The summed E-state index contributed by atoms with van der Waals surface area (Å²) in [5, 5.41) is 4.05. The van der Waals surface area contributed by atoms with Gasteiger partial charge in [0.25, 0.3) is 5.91 Å². The molecule has 1 N–H and O–H groups in total. The van der Waals surface area contributed by atoms with Crippen LogP contribution >= 0.6 is 15.9 Å². The highest BCUT2D eigenvalue weighted by Crippen LogP contribution is 2.22. The zero-order valence-electron chi connectivity index (χ0n) is 10.8. The zero-order chi connectivity index (χ0) is 13.0. The zero-order valence-corrected chi connectivity index (χ0v) is 12.4. The van der Waals surface area contributed by atoms with Crippen molar-refractivity contribution >= 4 is 21.8 Å². The molecule has 2 nitrogen and oxygen atoms in total. The highest BCUT2D eigenvalue weighted by atomic mass is 79.9. The molecule has 1 aromatic carbocycles. The second-order valence-electron chi connectivity index (χ2n) is 5.04. The van der Waals surface area contributed by atoms with Crippen LogP contribution in [0.4, 0.5) is 0 Å². The highest BCUT2D eigenvalue weighted by Gasteiger charge is 2.14. The monoisotopic (exact) mass is 309 g/mol. The van der Waals surface area contributed by atoms with Crippen LogP contribution in [0.25, 0.3) is 0 Å². The maximum Gasteiger partial charge on any atom is 0.251 e. The Hall–Kier alpha value is -0.830. The van der Waals surface area contributed by atoms with Crippen LogP contribution in [0.1, 0.15) is 47.7 Å². The maximum atomic E-state index is 12.1. The van der Waals surface area contributed by atoms with E-state index in [9.17, 15) is 4.79 Å². The fourth-order valence-electron chi connectivity index (χ4n) is 2.48. The van der Waals surface area contributed by atoms with Gasteiger partial charge in [0, 0.05) is 16.9 Å². The van der Waals surface area contributed by atoms with Crippen LogP contribution in [0.3, 0.4) is 0 Å². The molecule has 18 heavy (non-hydrogen) atoms. The minimum Gasteiger partial charge on any atom is -0.350 e. The Morgan fingerprint density at radius 2 is 2.17 bits per heavy atom. The largest absolute Gasteiger partial charge is 0.350 e. The summed E-state index contributed by atoms with van der Waals surface area (Å²) < 4.78 is 0. The van der Waals surface area contributed by atoms with Crippen LogP contribution in [0.15, 0.2) is 18.2 Å². The van der Waals surface area contributed by atoms with Gasteiger partial charge in [-0.05, 0) is 62.3 Å². The molecule has 2 rings (SSSR count). The van der Waals surface area contributed by atoms with Crippen LogP contribution in [0.5, 0.6) is 0 Å². The van der Waals surface area contributed by atoms with E-state index < -0.39 is 0 Å². The van der Waals surface area contributed by atoms with Gasteiger partial charge in [-0.15, -0.1) is 0 Å². The molecule has 0 aliphatic heterocycles. The number of alkyl halides is 1. The number of nitrogens with one attached hydrogen (secondary N) is 1. The first-order valence-electron chi connectivity index (χ1n) is 6.69. The molecule has 0 saturated heterocycles. The third-order valence-electron chi connectivity index (χ3n) is 3.51. The molecule has 0 radical (unpaired) electrons. The quantitative estimate of drug-likeness (QED) is 0.829. The molecule has 0 aromatic heterocycles. The summed E-state index contributed by atoms with van der Waals surface area (Å²) in [7, 11) is 0. The number of benzene rings is 1. The topological polar surface area (TPSA) is 29.1 Å². The molecule has 1 unspecified atom stereocenters. The highest BCUT2D eigenvalue weighted by molar-refractivity contribution is 9.09. The standard InChI is InChI=1S/C15H20BrNO/c1-11(4-3-9-16)17-15(18)14-8-7-12-5-2-6-13(12)10-14/h7-8,10-11H,2-6,9H2,1H3,(H,17,18). The number of fused-ring (bicyclic) bond motifs is 1. The minimum atomic E-state index is 0.0618. The van der Waals surface area contributed by atoms with Gasteiger partial charge >= 0.3 is 0 Å². The molecule has 0 fully saturated rings. The molecule has 1 aliphatic carbocycles. The molecule has 0 heterocycles. The Balaban J connectivity index is 1.96. The first kappa shape index (κ1) is 13.6. The van der Waals surface area contributed by atoms with Crippen molar-refractivity contribution < 1.29 is 4.79 Å². The lowest BCUT2D eigenvalue weighted by atomic mass is 10.1. The van der Waals surface area contributed by atoms with E-state index in [1.807, 2.05) is 6.07 Å². The Bertz CT molecular complexity index is 431. The third kappa shape index (κ3) is 3.35. The van der Waals surface area contributed by atoms with Crippen molar-refractivity contribution in [3.8, 4) is 0 Å². The van der Waals surface area contributed by atoms with Crippen molar-refractivity contribution in [1.29, 1.82) is 0 Å². The molecular weight excluding hydrogens is 290 g/mol. The summed E-state index contributed by atoms with van der Waals surface area (Å²) in [6.07, 6.45) is 5.62. The first-order chi connectivity index (χ1) is 8.70. The van der Waals surface area contributed by atoms with Crippen LogP contribution in [-0.2, 0) is 12.8 Å². The summed E-state index contributed by atoms with van der Waals surface area (Å²) in [6.45, 7) is 2.06. The van der Waals surface area contributed by atoms with E-state index in [2.05, 4.69) is 40.3 Å². The summed E-state index contributed by atoms with van der Waals surface area (Å²) in [6, 6.07) is 6.37. The van der Waals surface area contributed by atoms with Crippen molar-refractivity contribution in [1.82, 2.24) is 5.32 Å². The number of aryl methyl sites for hydroxylation is 2. The lowest BCUT2D eigenvalue weighted by Gasteiger charge is -2.13. The summed E-state index contributed by atoms with van der Waals surface area (Å²) in [4.78, 5) is 12.1. The number of amides is 1. The third-order valence-corrected chi connectivity index (χ3v) is 4.07. The Labute approximate surface area is 117 Å². The van der Waals surface area contributed by atoms with Crippen molar-refractivity contribution in [2.75, 3.05) is 5.33 Å². The molecule has 0 saturated carbocycles. The van der Waals surface area contributed by atoms with Gasteiger partial charge in [0.15, 0.2) is 0 Å². The van der Waals surface area contributed by atoms with Crippen molar-refractivity contribution in [2.45, 2.75) is 45.1 Å². The number of carbonyl (C=O) groups excluding carboxylic acids is 1. The fraction of sp³-hybridized carbons (Fsp3) is 0.533. The van der Waals surface area contributed by atoms with Gasteiger partial charge in [-0.25, -0.2) is 0 Å². The van der Waals surface area contributed by atoms with Gasteiger partial charge < -0.3 is 5.32 Å². The Kier molecular flexibility index (Phi) is 4.81. The minimum absolute atomic E-state index is 0.0618. The first-order valence-corrected chi connectivity index (χ1v) is 7.81. The van der Waals surface area contributed by atoms with Gasteiger partial charge in [0.05, 0.1) is 0 Å². The van der Waals surface area contributed by atoms with E-state index in [0.717, 1.165) is 30.2 Å². The molecule has 1 amide bonds. The molecule has 1 aliphatic rings. The second-order valence-corrected chi connectivity index (χ2v) is 5.84. The number of carbonyl (C=O) groups is 1. The number of rotatable bonds is 5. The summed E-state index contributed by atoms with van der Waals surface area (Å²) in [5.41, 5.74) is 3.58. The van der Waals surface area contributed by atoms with Crippen LogP contribution in [-0.4, -0.2) is 17.3 Å². The van der Waals surface area contributed by atoms with Crippen LogP contribution < -0.4 is 5.32 Å². The van der Waals surface area contributed by atoms with E-state index in [1.54, 1.807) is 0 Å². The summed E-state index contributed by atoms with van der Waals surface area (Å²) >= 11 is 3.41. The predicted molar refractivity (Wildman–Crippen MR) is 78.4 cm³/mol. The number of hydrogen-bond donors (Lipinski definition) is 1. The molecular formula is C15H20BrNO. The van der Waals surface area contributed by atoms with Gasteiger partial charge in [-0.1, -0.05) is 22.0 Å². The van der Waals surface area contributed by atoms with Crippen molar-refractivity contribution in [3.63, 3.8) is 0 Å². The second kappa shape index (κ2) is 6.37. The van der Waals surface area contributed by atoms with Gasteiger partial charge in [0.1, 0.15) is 0 Å². The normalized spacial score (nSPS) is 15.2. The smallest absolute Gasteiger partial charge is 0.251 e. The van der Waals surface area contributed by atoms with Crippen LogP contribution in [0.2, 0.25) is 0 Å². The van der Waals surface area contributed by atoms with Gasteiger partial charge in [0.2, 0.25) is 0 Å². The molecule has 3 heteroatoms. The maximum absolute atomic E-state index is 12.1. The summed E-state index contributed by atoms with van der Waals surface area (Å²) in [5.74, 6) is 0.0618. The van der Waals surface area contributed by atoms with E-state index in [1.165, 1.54) is 24.0 Å². The van der Waals surface area contributed by atoms with E-state index >= 15 is 0 Å². The predicted octanol–water partition coefficient (Wildman–Crippen LogP) is 3.47. The fourth-order valence-corrected chi connectivity index (χ4v) is 2.80. The Morgan fingerprint density at radius 3 is 2.94 bits per heavy atom. The lowest BCUT2D eigenvalue weighted by Crippen LogP contribution is -2.32. The average molecular weight is 310 g/mol. The molecule has 1 aromatic rings. The van der Waals surface area contributed by atoms with Crippen molar-refractivity contribution in [2.24, 2.45) is 0 Å². The molecule has 0 bridgehead atoms. The number of halogens is 1. The average Bonchev–Trinajstić information content (AvgIpc) is 2.83. The van der Waals surface area contributed by atoms with Crippen LogP contribution in [0, 0.1) is 0 Å². The SMILES string of the molecule is CC(CCCBr)NC(=O)c1ccc2c(c1)CCC2. The lowest BCUT2D eigenvalue weighted by molar-refractivity contribution is 0.0938. The van der Waals surface area contributed by atoms with E-state index in [4.69, 9.17) is 0 Å². The van der Waals surface area contributed by atoms with Gasteiger partial charge in [-0.3, -0.25) is 4.79 Å². The molecule has 98 valence electrons. The van der Waals surface area contributed by atoms with Crippen molar-refractivity contribution in [3.05, 3.63) is 34.9 Å². The van der Waals surface area contributed by atoms with E-state index in [0.29, 0.717) is 0 Å². The number of hydrogen-bond acceptors (Lipinski definition) is 1. The molecule has 1 atom stereocenters. The van der Waals surface area contributed by atoms with Gasteiger partial charge in [-0.2, -0.15) is 0 Å². The molecule has 0 spiro atoms. The van der Waals surface area contributed by atoms with E-state index in [-0.39, 0.29) is 11.9 Å².